The summed E-state index contributed by atoms with van der Waals surface area (Å²) in [5.74, 6) is -0.163. The molecular formula is C24H27N3O6S2. The van der Waals surface area contributed by atoms with E-state index < -0.39 is 20.0 Å². The maximum absolute atomic E-state index is 13.0. The number of aryl methyl sites for hydroxylation is 1. The van der Waals surface area contributed by atoms with Crippen molar-refractivity contribution in [3.63, 3.8) is 0 Å². The summed E-state index contributed by atoms with van der Waals surface area (Å²) in [6.07, 6.45) is -0.0849. The van der Waals surface area contributed by atoms with Crippen molar-refractivity contribution >= 4 is 37.3 Å². The molecule has 0 heterocycles. The van der Waals surface area contributed by atoms with Crippen molar-refractivity contribution in [1.29, 1.82) is 0 Å². The number of rotatable bonds is 10. The zero-order valence-electron chi connectivity index (χ0n) is 19.6. The van der Waals surface area contributed by atoms with Crippen LogP contribution in [0.4, 0.5) is 11.4 Å². The van der Waals surface area contributed by atoms with Gasteiger partial charge in [-0.25, -0.2) is 21.6 Å². The van der Waals surface area contributed by atoms with E-state index in [0.717, 1.165) is 9.87 Å². The van der Waals surface area contributed by atoms with E-state index in [0.29, 0.717) is 5.69 Å². The molecular weight excluding hydrogens is 490 g/mol. The summed E-state index contributed by atoms with van der Waals surface area (Å²) in [4.78, 5) is 12.0. The molecule has 3 aromatic rings. The summed E-state index contributed by atoms with van der Waals surface area (Å²) in [6.45, 7) is 1.79. The molecule has 0 radical (unpaired) electrons. The fraction of sp³-hybridized carbons (Fsp3) is 0.208. The van der Waals surface area contributed by atoms with E-state index in [1.165, 1.54) is 44.5 Å². The minimum atomic E-state index is -4.03. The first-order chi connectivity index (χ1) is 16.5. The Labute approximate surface area is 205 Å². The van der Waals surface area contributed by atoms with E-state index in [4.69, 9.17) is 4.74 Å². The molecule has 0 unspecified atom stereocenters. The van der Waals surface area contributed by atoms with Crippen LogP contribution in [0.5, 0.6) is 5.75 Å². The highest BCUT2D eigenvalue weighted by atomic mass is 32.2. The fourth-order valence-corrected chi connectivity index (χ4v) is 5.48. The van der Waals surface area contributed by atoms with Crippen LogP contribution in [-0.4, -0.2) is 43.4 Å². The van der Waals surface area contributed by atoms with Gasteiger partial charge in [-0.1, -0.05) is 35.9 Å². The first kappa shape index (κ1) is 26.2. The third-order valence-corrected chi connectivity index (χ3v) is 8.43. The second kappa shape index (κ2) is 10.9. The summed E-state index contributed by atoms with van der Waals surface area (Å²) in [5.41, 5.74) is 1.72. The maximum atomic E-state index is 13.0. The van der Waals surface area contributed by atoms with Crippen LogP contribution in [0, 0.1) is 6.92 Å². The number of anilines is 2. The molecule has 11 heteroatoms. The fourth-order valence-electron chi connectivity index (χ4n) is 3.21. The highest BCUT2D eigenvalue weighted by molar-refractivity contribution is 7.92. The van der Waals surface area contributed by atoms with Crippen molar-refractivity contribution in [2.75, 3.05) is 30.3 Å². The summed E-state index contributed by atoms with van der Waals surface area (Å²) in [5, 5.41) is 2.70. The molecule has 0 spiro atoms. The van der Waals surface area contributed by atoms with Gasteiger partial charge in [-0.3, -0.25) is 9.10 Å². The van der Waals surface area contributed by atoms with Gasteiger partial charge >= 0.3 is 0 Å². The zero-order valence-corrected chi connectivity index (χ0v) is 21.2. The van der Waals surface area contributed by atoms with Crippen LogP contribution in [0.2, 0.25) is 0 Å². The van der Waals surface area contributed by atoms with Crippen molar-refractivity contribution in [2.24, 2.45) is 0 Å². The lowest BCUT2D eigenvalue weighted by Crippen LogP contribution is -2.29. The Hall–Kier alpha value is -3.41. The average Bonchev–Trinajstić information content (AvgIpc) is 2.85. The van der Waals surface area contributed by atoms with Crippen molar-refractivity contribution in [2.45, 2.75) is 23.1 Å². The third kappa shape index (κ3) is 6.38. The molecule has 0 saturated heterocycles. The molecule has 2 N–H and O–H groups in total. The Morgan fingerprint density at radius 3 is 2.20 bits per heavy atom. The Balaban J connectivity index is 1.74. The van der Waals surface area contributed by atoms with Gasteiger partial charge in [-0.15, -0.1) is 0 Å². The van der Waals surface area contributed by atoms with E-state index in [1.54, 1.807) is 30.3 Å². The van der Waals surface area contributed by atoms with Crippen molar-refractivity contribution in [3.8, 4) is 5.75 Å². The Morgan fingerprint density at radius 2 is 1.57 bits per heavy atom. The quantitative estimate of drug-likeness (QED) is 0.426. The van der Waals surface area contributed by atoms with Gasteiger partial charge in [0.05, 0.1) is 22.6 Å². The summed E-state index contributed by atoms with van der Waals surface area (Å²) in [6, 6.07) is 18.9. The van der Waals surface area contributed by atoms with E-state index in [1.807, 2.05) is 19.1 Å². The SMILES string of the molecule is COc1ccc(S(=O)(=O)NCCC(=O)Nc2ccc(C)cc2)cc1N(C)S(=O)(=O)c1ccccc1. The van der Waals surface area contributed by atoms with Gasteiger partial charge in [-0.05, 0) is 49.4 Å². The molecule has 35 heavy (non-hydrogen) atoms. The molecule has 1 amide bonds. The second-order valence-corrected chi connectivity index (χ2v) is 11.4. The van der Waals surface area contributed by atoms with Crippen LogP contribution in [-0.2, 0) is 24.8 Å². The number of amides is 1. The number of nitrogens with zero attached hydrogens (tertiary/aromatic N) is 1. The van der Waals surface area contributed by atoms with Gasteiger partial charge in [0.25, 0.3) is 10.0 Å². The Bertz CT molecular complexity index is 1390. The number of hydrogen-bond acceptors (Lipinski definition) is 6. The molecule has 9 nitrogen and oxygen atoms in total. The molecule has 3 rings (SSSR count). The molecule has 0 bridgehead atoms. The molecule has 3 aromatic carbocycles. The minimum Gasteiger partial charge on any atom is -0.495 e. The van der Waals surface area contributed by atoms with E-state index in [-0.39, 0.29) is 40.1 Å². The molecule has 186 valence electrons. The molecule has 0 aromatic heterocycles. The third-order valence-electron chi connectivity index (χ3n) is 5.18. The van der Waals surface area contributed by atoms with Crippen molar-refractivity contribution in [3.05, 3.63) is 78.4 Å². The monoisotopic (exact) mass is 517 g/mol. The summed E-state index contributed by atoms with van der Waals surface area (Å²) < 4.78 is 60.4. The number of ether oxygens (including phenoxy) is 1. The molecule has 0 saturated carbocycles. The Kier molecular flexibility index (Phi) is 8.15. The molecule has 0 atom stereocenters. The van der Waals surface area contributed by atoms with Gasteiger partial charge < -0.3 is 10.1 Å². The number of carbonyl (C=O) groups is 1. The standard InChI is InChI=1S/C24H27N3O6S2/c1-18-9-11-19(12-10-18)26-24(28)15-16-25-34(29,30)21-13-14-23(33-3)22(17-21)27(2)35(31,32)20-7-5-4-6-8-20/h4-14,17,25H,15-16H2,1-3H3,(H,26,28). The topological polar surface area (TPSA) is 122 Å². The lowest BCUT2D eigenvalue weighted by Gasteiger charge is -2.22. The predicted molar refractivity (Wildman–Crippen MR) is 135 cm³/mol. The van der Waals surface area contributed by atoms with E-state index in [9.17, 15) is 21.6 Å². The number of methoxy groups -OCH3 is 1. The second-order valence-electron chi connectivity index (χ2n) is 7.68. The number of sulfonamides is 2. The molecule has 0 aliphatic carbocycles. The molecule has 0 aliphatic rings. The molecule has 0 aliphatic heterocycles. The van der Waals surface area contributed by atoms with Crippen LogP contribution in [0.15, 0.2) is 82.6 Å². The van der Waals surface area contributed by atoms with E-state index in [2.05, 4.69) is 10.0 Å². The smallest absolute Gasteiger partial charge is 0.264 e. The lowest BCUT2D eigenvalue weighted by molar-refractivity contribution is -0.116. The summed E-state index contributed by atoms with van der Waals surface area (Å²) in [7, 11) is -5.31. The highest BCUT2D eigenvalue weighted by Crippen LogP contribution is 2.33. The minimum absolute atomic E-state index is 0.0514. The van der Waals surface area contributed by atoms with Gasteiger partial charge in [-0.2, -0.15) is 0 Å². The zero-order chi connectivity index (χ0) is 25.6. The van der Waals surface area contributed by atoms with Gasteiger partial charge in [0.1, 0.15) is 5.75 Å². The van der Waals surface area contributed by atoms with Crippen LogP contribution >= 0.6 is 0 Å². The normalized spacial score (nSPS) is 11.6. The van der Waals surface area contributed by atoms with Crippen molar-refractivity contribution < 1.29 is 26.4 Å². The first-order valence-electron chi connectivity index (χ1n) is 10.6. The number of benzene rings is 3. The number of hydrogen-bond donors (Lipinski definition) is 2. The number of carbonyl (C=O) groups excluding carboxylic acids is 1. The highest BCUT2D eigenvalue weighted by Gasteiger charge is 2.26. The lowest BCUT2D eigenvalue weighted by atomic mass is 10.2. The van der Waals surface area contributed by atoms with Crippen LogP contribution < -0.4 is 19.1 Å². The average molecular weight is 518 g/mol. The maximum Gasteiger partial charge on any atom is 0.264 e. The Morgan fingerprint density at radius 1 is 0.914 bits per heavy atom. The number of nitrogens with one attached hydrogen (secondary N) is 2. The van der Waals surface area contributed by atoms with Crippen LogP contribution in [0.25, 0.3) is 0 Å². The van der Waals surface area contributed by atoms with Crippen LogP contribution in [0.1, 0.15) is 12.0 Å². The van der Waals surface area contributed by atoms with E-state index >= 15 is 0 Å². The summed E-state index contributed by atoms with van der Waals surface area (Å²) >= 11 is 0. The largest absolute Gasteiger partial charge is 0.495 e. The van der Waals surface area contributed by atoms with Gasteiger partial charge in [0.15, 0.2) is 0 Å². The van der Waals surface area contributed by atoms with Gasteiger partial charge in [0, 0.05) is 25.7 Å². The first-order valence-corrected chi connectivity index (χ1v) is 13.5. The van der Waals surface area contributed by atoms with Crippen LogP contribution in [0.3, 0.4) is 0 Å². The van der Waals surface area contributed by atoms with Gasteiger partial charge in [0.2, 0.25) is 15.9 Å². The molecule has 0 fully saturated rings. The predicted octanol–water partition coefficient (Wildman–Crippen LogP) is 3.14. The van der Waals surface area contributed by atoms with Crippen molar-refractivity contribution in [1.82, 2.24) is 4.72 Å².